The molecule has 34 heavy (non-hydrogen) atoms. The van der Waals surface area contributed by atoms with Gasteiger partial charge in [0, 0.05) is 18.0 Å². The van der Waals surface area contributed by atoms with Gasteiger partial charge in [-0.25, -0.2) is 9.59 Å². The first-order valence-corrected chi connectivity index (χ1v) is 11.6. The van der Waals surface area contributed by atoms with E-state index in [1.165, 1.54) is 31.9 Å². The van der Waals surface area contributed by atoms with Crippen LogP contribution in [0, 0.1) is 0 Å². The van der Waals surface area contributed by atoms with Gasteiger partial charge in [0.1, 0.15) is 12.4 Å². The second-order valence-corrected chi connectivity index (χ2v) is 8.11. The van der Waals surface area contributed by atoms with E-state index in [1.54, 1.807) is 12.3 Å². The number of aromatic nitrogens is 1. The monoisotopic (exact) mass is 469 g/mol. The fourth-order valence-corrected chi connectivity index (χ4v) is 3.67. The standard InChI is InChI=1S/C27H35NO6/c1-6-20(10-9-13-27(31,7-2)8-3)21-14-19(16-28-17-21)18-34-22-11-12-23(25(29)32-4)24(15-22)26(30)33-5/h10-12,14-17,31H,6-9,13,18H2,1-5H3/b20-10+. The number of carbonyl (C=O) groups excluding carboxylic acids is 2. The van der Waals surface area contributed by atoms with E-state index >= 15 is 0 Å². The maximum absolute atomic E-state index is 12.1. The third-order valence-corrected chi connectivity index (χ3v) is 6.07. The zero-order valence-electron chi connectivity index (χ0n) is 20.7. The number of carbonyl (C=O) groups is 2. The summed E-state index contributed by atoms with van der Waals surface area (Å²) in [5.74, 6) is -0.854. The van der Waals surface area contributed by atoms with Crippen molar-refractivity contribution in [1.29, 1.82) is 0 Å². The van der Waals surface area contributed by atoms with E-state index < -0.39 is 17.5 Å². The van der Waals surface area contributed by atoms with E-state index in [9.17, 15) is 14.7 Å². The molecule has 184 valence electrons. The molecule has 0 radical (unpaired) electrons. The number of hydrogen-bond acceptors (Lipinski definition) is 7. The Bertz CT molecular complexity index is 1010. The fourth-order valence-electron chi connectivity index (χ4n) is 3.67. The SMILES string of the molecule is CC/C(=C\CCC(O)(CC)CC)c1cncc(COc2ccc(C(=O)OC)c(C(=O)OC)c2)c1. The molecule has 0 aliphatic rings. The molecule has 0 aliphatic carbocycles. The molecule has 0 spiro atoms. The van der Waals surface area contributed by atoms with Crippen molar-refractivity contribution in [3.63, 3.8) is 0 Å². The van der Waals surface area contributed by atoms with Crippen molar-refractivity contribution in [2.75, 3.05) is 14.2 Å². The van der Waals surface area contributed by atoms with Gasteiger partial charge in [-0.3, -0.25) is 4.98 Å². The van der Waals surface area contributed by atoms with Crippen LogP contribution < -0.4 is 4.74 Å². The van der Waals surface area contributed by atoms with Gasteiger partial charge < -0.3 is 19.3 Å². The van der Waals surface area contributed by atoms with E-state index in [1.807, 2.05) is 26.1 Å². The molecular weight excluding hydrogens is 434 g/mol. The van der Waals surface area contributed by atoms with Gasteiger partial charge in [-0.15, -0.1) is 0 Å². The molecule has 0 fully saturated rings. The van der Waals surface area contributed by atoms with E-state index in [2.05, 4.69) is 18.0 Å². The van der Waals surface area contributed by atoms with Crippen molar-refractivity contribution in [3.8, 4) is 5.75 Å². The summed E-state index contributed by atoms with van der Waals surface area (Å²) >= 11 is 0. The van der Waals surface area contributed by atoms with Crippen LogP contribution in [0.1, 0.15) is 84.7 Å². The molecule has 0 bridgehead atoms. The number of hydrogen-bond donors (Lipinski definition) is 1. The molecular formula is C27H35NO6. The summed E-state index contributed by atoms with van der Waals surface area (Å²) in [6.07, 6.45) is 9.58. The van der Waals surface area contributed by atoms with Crippen molar-refractivity contribution in [3.05, 3.63) is 65.0 Å². The number of rotatable bonds is 12. The average Bonchev–Trinajstić information content (AvgIpc) is 2.88. The lowest BCUT2D eigenvalue weighted by Crippen LogP contribution is -2.25. The number of aliphatic hydroxyl groups is 1. The van der Waals surface area contributed by atoms with Crippen molar-refractivity contribution in [2.24, 2.45) is 0 Å². The Morgan fingerprint density at radius 2 is 1.68 bits per heavy atom. The lowest BCUT2D eigenvalue weighted by molar-refractivity contribution is 0.0246. The zero-order valence-corrected chi connectivity index (χ0v) is 20.7. The van der Waals surface area contributed by atoms with E-state index in [-0.39, 0.29) is 17.7 Å². The van der Waals surface area contributed by atoms with Crippen LogP contribution in [-0.2, 0) is 16.1 Å². The number of allylic oxidation sites excluding steroid dienone is 2. The lowest BCUT2D eigenvalue weighted by atomic mass is 9.91. The molecule has 1 heterocycles. The number of benzene rings is 1. The summed E-state index contributed by atoms with van der Waals surface area (Å²) in [5.41, 5.74) is 2.62. The van der Waals surface area contributed by atoms with Crippen LogP contribution in [0.2, 0.25) is 0 Å². The van der Waals surface area contributed by atoms with Gasteiger partial charge in [-0.1, -0.05) is 26.8 Å². The summed E-state index contributed by atoms with van der Waals surface area (Å²) in [4.78, 5) is 28.4. The van der Waals surface area contributed by atoms with Gasteiger partial charge in [-0.2, -0.15) is 0 Å². The van der Waals surface area contributed by atoms with Crippen molar-refractivity contribution in [2.45, 2.75) is 65.1 Å². The molecule has 1 aromatic heterocycles. The first-order valence-electron chi connectivity index (χ1n) is 11.6. The molecule has 0 saturated carbocycles. The number of methoxy groups -OCH3 is 2. The topological polar surface area (TPSA) is 95.0 Å². The summed E-state index contributed by atoms with van der Waals surface area (Å²) in [5, 5.41) is 10.5. The minimum absolute atomic E-state index is 0.0778. The van der Waals surface area contributed by atoms with Crippen LogP contribution in [0.5, 0.6) is 5.75 Å². The maximum atomic E-state index is 12.1. The largest absolute Gasteiger partial charge is 0.489 e. The maximum Gasteiger partial charge on any atom is 0.338 e. The third kappa shape index (κ3) is 7.15. The predicted molar refractivity (Wildman–Crippen MR) is 131 cm³/mol. The molecule has 1 aromatic carbocycles. The van der Waals surface area contributed by atoms with Crippen LogP contribution in [0.15, 0.2) is 42.7 Å². The van der Waals surface area contributed by atoms with Crippen molar-refractivity contribution < 1.29 is 28.9 Å². The quantitative estimate of drug-likeness (QED) is 0.418. The highest BCUT2D eigenvalue weighted by Crippen LogP contribution is 2.25. The second kappa shape index (κ2) is 12.9. The Hall–Kier alpha value is -3.19. The van der Waals surface area contributed by atoms with Gasteiger partial charge in [0.05, 0.1) is 30.9 Å². The molecule has 0 aliphatic heterocycles. The van der Waals surface area contributed by atoms with Gasteiger partial charge in [0.25, 0.3) is 0 Å². The molecule has 0 saturated heterocycles. The van der Waals surface area contributed by atoms with Crippen LogP contribution in [-0.4, -0.2) is 41.8 Å². The predicted octanol–water partition coefficient (Wildman–Crippen LogP) is 5.36. The smallest absolute Gasteiger partial charge is 0.338 e. The summed E-state index contributed by atoms with van der Waals surface area (Å²) in [6.45, 7) is 6.36. The highest BCUT2D eigenvalue weighted by atomic mass is 16.5. The lowest BCUT2D eigenvalue weighted by Gasteiger charge is -2.24. The molecule has 7 nitrogen and oxygen atoms in total. The Labute approximate surface area is 201 Å². The highest BCUT2D eigenvalue weighted by molar-refractivity contribution is 6.03. The Morgan fingerprint density at radius 3 is 2.29 bits per heavy atom. The molecule has 0 amide bonds. The number of pyridine rings is 1. The Kier molecular flexibility index (Phi) is 10.3. The summed E-state index contributed by atoms with van der Waals surface area (Å²) in [7, 11) is 2.50. The van der Waals surface area contributed by atoms with Gasteiger partial charge in [0.2, 0.25) is 0 Å². The third-order valence-electron chi connectivity index (χ3n) is 6.07. The fraction of sp³-hybridized carbons (Fsp3) is 0.444. The number of esters is 2. The summed E-state index contributed by atoms with van der Waals surface area (Å²) < 4.78 is 15.4. The van der Waals surface area contributed by atoms with E-state index in [0.717, 1.165) is 43.2 Å². The van der Waals surface area contributed by atoms with Crippen molar-refractivity contribution in [1.82, 2.24) is 4.98 Å². The Balaban J connectivity index is 2.15. The molecule has 7 heteroatoms. The first kappa shape index (κ1) is 27.1. The van der Waals surface area contributed by atoms with Gasteiger partial charge >= 0.3 is 11.9 Å². The van der Waals surface area contributed by atoms with Crippen LogP contribution in [0.25, 0.3) is 5.57 Å². The Morgan fingerprint density at radius 1 is 1.00 bits per heavy atom. The number of nitrogens with zero attached hydrogens (tertiary/aromatic N) is 1. The molecule has 2 rings (SSSR count). The van der Waals surface area contributed by atoms with Crippen LogP contribution >= 0.6 is 0 Å². The highest BCUT2D eigenvalue weighted by Gasteiger charge is 2.21. The van der Waals surface area contributed by atoms with Crippen molar-refractivity contribution >= 4 is 17.5 Å². The minimum Gasteiger partial charge on any atom is -0.489 e. The van der Waals surface area contributed by atoms with Crippen LogP contribution in [0.4, 0.5) is 0 Å². The molecule has 0 atom stereocenters. The van der Waals surface area contributed by atoms with E-state index in [4.69, 9.17) is 14.2 Å². The van der Waals surface area contributed by atoms with Crippen LogP contribution in [0.3, 0.4) is 0 Å². The molecule has 1 N–H and O–H groups in total. The number of ether oxygens (including phenoxy) is 3. The zero-order chi connectivity index (χ0) is 25.1. The molecule has 2 aromatic rings. The normalized spacial score (nSPS) is 11.8. The minimum atomic E-state index is -0.648. The molecule has 0 unspecified atom stereocenters. The van der Waals surface area contributed by atoms with Gasteiger partial charge in [-0.05, 0) is 67.5 Å². The summed E-state index contributed by atoms with van der Waals surface area (Å²) in [6, 6.07) is 6.58. The first-order chi connectivity index (χ1) is 16.3. The van der Waals surface area contributed by atoms with E-state index in [0.29, 0.717) is 5.75 Å². The average molecular weight is 470 g/mol. The second-order valence-electron chi connectivity index (χ2n) is 8.11. The van der Waals surface area contributed by atoms with Gasteiger partial charge in [0.15, 0.2) is 0 Å².